The first kappa shape index (κ1) is 17.1. The number of benzene rings is 1. The minimum Gasteiger partial charge on any atom is -0.497 e. The standard InChI is InChI=1S/C15H18ClN3O4/c1-23-11-4-2-10(3-5-11)18-13(20)8-12-15(22)17-6-7-19(12)14(21)9-16/h2-5,12H,6-9H2,1H3,(H,17,22)(H,18,20). The van der Waals surface area contributed by atoms with E-state index in [-0.39, 0.29) is 30.0 Å². The first-order chi connectivity index (χ1) is 11.0. The zero-order valence-electron chi connectivity index (χ0n) is 12.7. The molecule has 2 rings (SSSR count). The quantitative estimate of drug-likeness (QED) is 0.769. The summed E-state index contributed by atoms with van der Waals surface area (Å²) in [5.41, 5.74) is 0.585. The third kappa shape index (κ3) is 4.35. The summed E-state index contributed by atoms with van der Waals surface area (Å²) < 4.78 is 5.04. The van der Waals surface area contributed by atoms with E-state index < -0.39 is 6.04 Å². The van der Waals surface area contributed by atoms with Crippen LogP contribution in [0.1, 0.15) is 6.42 Å². The highest BCUT2D eigenvalue weighted by Gasteiger charge is 2.34. The third-order valence-corrected chi connectivity index (χ3v) is 3.75. The van der Waals surface area contributed by atoms with E-state index in [0.29, 0.717) is 24.5 Å². The van der Waals surface area contributed by atoms with Gasteiger partial charge >= 0.3 is 0 Å². The molecule has 0 saturated carbocycles. The molecule has 8 heteroatoms. The predicted octanol–water partition coefficient (Wildman–Crippen LogP) is 0.590. The van der Waals surface area contributed by atoms with E-state index in [2.05, 4.69) is 10.6 Å². The Balaban J connectivity index is 2.01. The molecule has 124 valence electrons. The van der Waals surface area contributed by atoms with Crippen molar-refractivity contribution in [3.63, 3.8) is 0 Å². The Morgan fingerprint density at radius 1 is 1.39 bits per heavy atom. The van der Waals surface area contributed by atoms with E-state index >= 15 is 0 Å². The van der Waals surface area contributed by atoms with Gasteiger partial charge in [-0.1, -0.05) is 0 Å². The van der Waals surface area contributed by atoms with Crippen molar-refractivity contribution in [2.45, 2.75) is 12.5 Å². The van der Waals surface area contributed by atoms with Gasteiger partial charge in [0, 0.05) is 18.8 Å². The van der Waals surface area contributed by atoms with E-state index in [9.17, 15) is 14.4 Å². The average Bonchev–Trinajstić information content (AvgIpc) is 2.56. The van der Waals surface area contributed by atoms with Crippen LogP contribution in [-0.4, -0.2) is 54.7 Å². The molecular formula is C15H18ClN3O4. The Bertz CT molecular complexity index is 591. The maximum Gasteiger partial charge on any atom is 0.243 e. The number of piperazine rings is 1. The highest BCUT2D eigenvalue weighted by Crippen LogP contribution is 2.16. The van der Waals surface area contributed by atoms with E-state index in [4.69, 9.17) is 16.3 Å². The molecule has 1 atom stereocenters. The number of methoxy groups -OCH3 is 1. The number of hydrogen-bond acceptors (Lipinski definition) is 4. The van der Waals surface area contributed by atoms with Crippen LogP contribution in [0.3, 0.4) is 0 Å². The Hall–Kier alpha value is -2.28. The lowest BCUT2D eigenvalue weighted by Gasteiger charge is -2.34. The van der Waals surface area contributed by atoms with Gasteiger partial charge in [-0.2, -0.15) is 0 Å². The second kappa shape index (κ2) is 7.82. The Morgan fingerprint density at radius 3 is 2.70 bits per heavy atom. The summed E-state index contributed by atoms with van der Waals surface area (Å²) in [6, 6.07) is 5.98. The van der Waals surface area contributed by atoms with E-state index in [1.54, 1.807) is 31.4 Å². The molecule has 1 aromatic carbocycles. The lowest BCUT2D eigenvalue weighted by Crippen LogP contribution is -2.58. The minimum atomic E-state index is -0.840. The first-order valence-corrected chi connectivity index (χ1v) is 7.65. The second-order valence-electron chi connectivity index (χ2n) is 5.01. The molecule has 3 amide bonds. The lowest BCUT2D eigenvalue weighted by atomic mass is 10.1. The molecule has 2 N–H and O–H groups in total. The molecule has 0 aromatic heterocycles. The summed E-state index contributed by atoms with van der Waals surface area (Å²) in [5.74, 6) is -0.606. The van der Waals surface area contributed by atoms with Crippen molar-refractivity contribution >= 4 is 35.0 Å². The van der Waals surface area contributed by atoms with Crippen molar-refractivity contribution in [2.75, 3.05) is 31.4 Å². The van der Waals surface area contributed by atoms with Gasteiger partial charge in [-0.3, -0.25) is 14.4 Å². The molecular weight excluding hydrogens is 322 g/mol. The molecule has 0 spiro atoms. The Labute approximate surface area is 138 Å². The van der Waals surface area contributed by atoms with Crippen LogP contribution in [0.4, 0.5) is 5.69 Å². The van der Waals surface area contributed by atoms with Gasteiger partial charge in [0.05, 0.1) is 13.5 Å². The van der Waals surface area contributed by atoms with Crippen molar-refractivity contribution in [1.29, 1.82) is 0 Å². The predicted molar refractivity (Wildman–Crippen MR) is 85.5 cm³/mol. The van der Waals surface area contributed by atoms with Crippen molar-refractivity contribution in [3.05, 3.63) is 24.3 Å². The molecule has 0 bridgehead atoms. The van der Waals surface area contributed by atoms with Crippen LogP contribution < -0.4 is 15.4 Å². The van der Waals surface area contributed by atoms with Crippen LogP contribution in [-0.2, 0) is 14.4 Å². The number of nitrogens with one attached hydrogen (secondary N) is 2. The topological polar surface area (TPSA) is 87.7 Å². The van der Waals surface area contributed by atoms with E-state index in [1.165, 1.54) is 4.90 Å². The fourth-order valence-electron chi connectivity index (χ4n) is 2.35. The summed E-state index contributed by atoms with van der Waals surface area (Å²) >= 11 is 5.56. The van der Waals surface area contributed by atoms with Crippen LogP contribution in [0.2, 0.25) is 0 Å². The van der Waals surface area contributed by atoms with Crippen LogP contribution in [0.5, 0.6) is 5.75 Å². The summed E-state index contributed by atoms with van der Waals surface area (Å²) in [6.07, 6.45) is -0.125. The molecule has 1 fully saturated rings. The summed E-state index contributed by atoms with van der Waals surface area (Å²) in [5, 5.41) is 5.35. The second-order valence-corrected chi connectivity index (χ2v) is 5.28. The van der Waals surface area contributed by atoms with Crippen molar-refractivity contribution < 1.29 is 19.1 Å². The lowest BCUT2D eigenvalue weighted by molar-refractivity contribution is -0.143. The fraction of sp³-hybridized carbons (Fsp3) is 0.400. The van der Waals surface area contributed by atoms with Gasteiger partial charge in [-0.15, -0.1) is 11.6 Å². The molecule has 1 saturated heterocycles. The molecule has 1 aromatic rings. The number of nitrogens with zero attached hydrogens (tertiary/aromatic N) is 1. The van der Waals surface area contributed by atoms with Gasteiger partial charge in [0.1, 0.15) is 17.7 Å². The SMILES string of the molecule is COc1ccc(NC(=O)CC2C(=O)NCCN2C(=O)CCl)cc1. The zero-order chi connectivity index (χ0) is 16.8. The molecule has 0 aliphatic carbocycles. The minimum absolute atomic E-state index is 0.125. The van der Waals surface area contributed by atoms with Gasteiger partial charge in [0.2, 0.25) is 17.7 Å². The highest BCUT2D eigenvalue weighted by molar-refractivity contribution is 6.27. The van der Waals surface area contributed by atoms with E-state index in [1.807, 2.05) is 0 Å². The molecule has 23 heavy (non-hydrogen) atoms. The summed E-state index contributed by atoms with van der Waals surface area (Å²) in [4.78, 5) is 37.2. The van der Waals surface area contributed by atoms with Gasteiger partial charge in [0.25, 0.3) is 0 Å². The molecule has 1 aliphatic heterocycles. The maximum absolute atomic E-state index is 12.1. The largest absolute Gasteiger partial charge is 0.497 e. The molecule has 0 radical (unpaired) electrons. The number of halogens is 1. The smallest absolute Gasteiger partial charge is 0.243 e. The average molecular weight is 340 g/mol. The summed E-state index contributed by atoms with van der Waals surface area (Å²) in [7, 11) is 1.55. The van der Waals surface area contributed by atoms with Gasteiger partial charge in [0.15, 0.2) is 0 Å². The van der Waals surface area contributed by atoms with Gasteiger partial charge in [-0.25, -0.2) is 0 Å². The number of amides is 3. The van der Waals surface area contributed by atoms with Crippen molar-refractivity contribution in [3.8, 4) is 5.75 Å². The number of rotatable bonds is 5. The van der Waals surface area contributed by atoms with Crippen LogP contribution in [0, 0.1) is 0 Å². The first-order valence-electron chi connectivity index (χ1n) is 7.12. The van der Waals surface area contributed by atoms with Crippen molar-refractivity contribution in [1.82, 2.24) is 10.2 Å². The number of ether oxygens (including phenoxy) is 1. The number of anilines is 1. The highest BCUT2D eigenvalue weighted by atomic mass is 35.5. The Morgan fingerprint density at radius 2 is 2.09 bits per heavy atom. The molecule has 1 heterocycles. The van der Waals surface area contributed by atoms with Crippen LogP contribution >= 0.6 is 11.6 Å². The van der Waals surface area contributed by atoms with Gasteiger partial charge in [-0.05, 0) is 24.3 Å². The van der Waals surface area contributed by atoms with Crippen LogP contribution in [0.25, 0.3) is 0 Å². The summed E-state index contributed by atoms with van der Waals surface area (Å²) in [6.45, 7) is 0.704. The number of carbonyl (C=O) groups excluding carboxylic acids is 3. The normalized spacial score (nSPS) is 17.4. The fourth-order valence-corrected chi connectivity index (χ4v) is 2.51. The Kier molecular flexibility index (Phi) is 5.81. The third-order valence-electron chi connectivity index (χ3n) is 3.52. The number of alkyl halides is 1. The van der Waals surface area contributed by atoms with Crippen molar-refractivity contribution in [2.24, 2.45) is 0 Å². The molecule has 7 nitrogen and oxygen atoms in total. The zero-order valence-corrected chi connectivity index (χ0v) is 13.4. The monoisotopic (exact) mass is 339 g/mol. The number of carbonyl (C=O) groups is 3. The van der Waals surface area contributed by atoms with E-state index in [0.717, 1.165) is 0 Å². The number of hydrogen-bond donors (Lipinski definition) is 2. The van der Waals surface area contributed by atoms with Gasteiger partial charge < -0.3 is 20.3 Å². The molecule has 1 unspecified atom stereocenters. The maximum atomic E-state index is 12.1. The van der Waals surface area contributed by atoms with Crippen LogP contribution in [0.15, 0.2) is 24.3 Å². The molecule has 1 aliphatic rings.